The molecule has 3 heteroatoms. The molecule has 1 nitrogen and oxygen atoms in total. The summed E-state index contributed by atoms with van der Waals surface area (Å²) in [6.45, 7) is 2.22. The molecule has 18 heavy (non-hydrogen) atoms. The van der Waals surface area contributed by atoms with Gasteiger partial charge in [0, 0.05) is 0 Å². The molecule has 2 aromatic rings. The third-order valence-corrected chi connectivity index (χ3v) is 4.03. The van der Waals surface area contributed by atoms with Crippen molar-refractivity contribution in [2.45, 2.75) is 24.0 Å². The summed E-state index contributed by atoms with van der Waals surface area (Å²) in [5.74, 6) is 0.423. The van der Waals surface area contributed by atoms with Crippen molar-refractivity contribution in [3.8, 4) is 0 Å². The molecule has 1 aromatic heterocycles. The molecule has 0 aliphatic rings. The first-order valence-corrected chi connectivity index (χ1v) is 7.46. The maximum absolute atomic E-state index is 5.91. The Kier molecular flexibility index (Phi) is 4.85. The van der Waals surface area contributed by atoms with Crippen LogP contribution in [0, 0.1) is 0 Å². The monoisotopic (exact) mass is 319 g/mol. The van der Waals surface area contributed by atoms with Crippen LogP contribution in [0.5, 0.6) is 0 Å². The van der Waals surface area contributed by atoms with Crippen molar-refractivity contribution in [2.75, 3.05) is 0 Å². The van der Waals surface area contributed by atoms with E-state index in [1.54, 1.807) is 0 Å². The summed E-state index contributed by atoms with van der Waals surface area (Å²) in [5.41, 5.74) is 2.45. The van der Waals surface area contributed by atoms with Crippen LogP contribution in [0.25, 0.3) is 0 Å². The van der Waals surface area contributed by atoms with Crippen LogP contribution < -0.4 is 0 Å². The molecule has 0 N–H and O–H groups in total. The molecule has 0 aliphatic heterocycles. The van der Waals surface area contributed by atoms with Gasteiger partial charge in [0.05, 0.1) is 0 Å². The summed E-state index contributed by atoms with van der Waals surface area (Å²) in [7, 11) is 0. The molecule has 0 bridgehead atoms. The van der Waals surface area contributed by atoms with Gasteiger partial charge in [0.1, 0.15) is 0 Å². The van der Waals surface area contributed by atoms with Crippen molar-refractivity contribution in [1.82, 2.24) is 4.98 Å². The van der Waals surface area contributed by atoms with Crippen LogP contribution in [0.3, 0.4) is 0 Å². The van der Waals surface area contributed by atoms with Crippen LogP contribution in [0.4, 0.5) is 0 Å². The van der Waals surface area contributed by atoms with E-state index >= 15 is 0 Å². The third-order valence-electron chi connectivity index (χ3n) is 3.02. The van der Waals surface area contributed by atoms with Crippen molar-refractivity contribution in [1.29, 1.82) is 0 Å². The Hall–Kier alpha value is -0.782. The van der Waals surface area contributed by atoms with Gasteiger partial charge in [-0.25, -0.2) is 0 Å². The third kappa shape index (κ3) is 3.60. The van der Waals surface area contributed by atoms with Crippen molar-refractivity contribution in [3.05, 3.63) is 64.9 Å². The number of pyridine rings is 1. The second-order valence-electron chi connectivity index (χ2n) is 4.43. The molecule has 0 fully saturated rings. The zero-order valence-electron chi connectivity index (χ0n) is 10.3. The summed E-state index contributed by atoms with van der Waals surface area (Å²) < 4.78 is 0.503. The molecule has 92 valence electrons. The van der Waals surface area contributed by atoms with E-state index in [2.05, 4.69) is 47.0 Å². The standard InChI is InChI=1S/C15H15AsClN/c1-11(16)14(15-4-2-3-9-18-15)10-12-5-7-13(17)8-6-12/h2-9,11,14H,10H2,1H3. The summed E-state index contributed by atoms with van der Waals surface area (Å²) in [6.07, 6.45) is 2.85. The fraction of sp³-hybridized carbons (Fsp3) is 0.267. The second kappa shape index (κ2) is 6.40. The molecular formula is C15H15AsClN. The summed E-state index contributed by atoms with van der Waals surface area (Å²) in [5, 5.41) is 0.786. The number of hydrogen-bond donors (Lipinski definition) is 0. The first kappa shape index (κ1) is 13.6. The van der Waals surface area contributed by atoms with Gasteiger partial charge in [-0.1, -0.05) is 0 Å². The van der Waals surface area contributed by atoms with Gasteiger partial charge in [0.2, 0.25) is 0 Å². The molecule has 0 saturated heterocycles. The first-order chi connectivity index (χ1) is 8.66. The summed E-state index contributed by atoms with van der Waals surface area (Å²) in [4.78, 5) is 4.48. The normalized spacial score (nSPS) is 14.2. The number of halogens is 1. The zero-order valence-corrected chi connectivity index (χ0v) is 12.9. The maximum atomic E-state index is 5.91. The Morgan fingerprint density at radius 3 is 2.44 bits per heavy atom. The van der Waals surface area contributed by atoms with Crippen molar-refractivity contribution in [2.24, 2.45) is 0 Å². The molecule has 0 saturated carbocycles. The van der Waals surface area contributed by atoms with E-state index < -0.39 is 0 Å². The van der Waals surface area contributed by atoms with Crippen molar-refractivity contribution in [3.63, 3.8) is 0 Å². The molecule has 1 heterocycles. The molecule has 1 aromatic carbocycles. The van der Waals surface area contributed by atoms with E-state index in [9.17, 15) is 0 Å². The van der Waals surface area contributed by atoms with Gasteiger partial charge in [-0.3, -0.25) is 0 Å². The zero-order chi connectivity index (χ0) is 13.0. The van der Waals surface area contributed by atoms with Crippen LogP contribution in [-0.4, -0.2) is 21.8 Å². The number of nitrogens with zero attached hydrogens (tertiary/aromatic N) is 1. The van der Waals surface area contributed by atoms with Gasteiger partial charge < -0.3 is 0 Å². The number of rotatable bonds is 4. The van der Waals surface area contributed by atoms with E-state index in [-0.39, 0.29) is 0 Å². The summed E-state index contributed by atoms with van der Waals surface area (Å²) >= 11 is 8.64. The molecule has 2 radical (unpaired) electrons. The van der Waals surface area contributed by atoms with Gasteiger partial charge >= 0.3 is 122 Å². The minimum absolute atomic E-state index is 0.423. The molecular weight excluding hydrogens is 305 g/mol. The first-order valence-electron chi connectivity index (χ1n) is 6.00. The molecule has 2 rings (SSSR count). The van der Waals surface area contributed by atoms with Crippen LogP contribution >= 0.6 is 11.6 Å². The van der Waals surface area contributed by atoms with Crippen LogP contribution in [-0.2, 0) is 6.42 Å². The Morgan fingerprint density at radius 2 is 1.89 bits per heavy atom. The molecule has 2 unspecified atom stereocenters. The Morgan fingerprint density at radius 1 is 1.17 bits per heavy atom. The number of aromatic nitrogens is 1. The SMILES string of the molecule is CC([As])C(Cc1ccc(Cl)cc1)c1ccccn1. The average Bonchev–Trinajstić information content (AvgIpc) is 2.38. The van der Waals surface area contributed by atoms with Gasteiger partial charge in [0.15, 0.2) is 0 Å². The van der Waals surface area contributed by atoms with Crippen molar-refractivity contribution < 1.29 is 0 Å². The molecule has 0 aliphatic carbocycles. The predicted octanol–water partition coefficient (Wildman–Crippen LogP) is 4.04. The summed E-state index contributed by atoms with van der Waals surface area (Å²) in [6, 6.07) is 14.2. The predicted molar refractivity (Wildman–Crippen MR) is 77.3 cm³/mol. The van der Waals surface area contributed by atoms with Gasteiger partial charge in [0.25, 0.3) is 0 Å². The quantitative estimate of drug-likeness (QED) is 0.775. The van der Waals surface area contributed by atoms with E-state index in [0.717, 1.165) is 17.1 Å². The molecule has 0 amide bonds. The van der Waals surface area contributed by atoms with E-state index in [4.69, 9.17) is 11.6 Å². The Balaban J connectivity index is 2.19. The van der Waals surface area contributed by atoms with Gasteiger partial charge in [-0.2, -0.15) is 0 Å². The van der Waals surface area contributed by atoms with Gasteiger partial charge in [-0.15, -0.1) is 0 Å². The Bertz CT molecular complexity index is 482. The molecule has 2 atom stereocenters. The topological polar surface area (TPSA) is 12.9 Å². The Labute approximate surface area is 122 Å². The number of hydrogen-bond acceptors (Lipinski definition) is 1. The van der Waals surface area contributed by atoms with Crippen LogP contribution in [0.15, 0.2) is 48.7 Å². The van der Waals surface area contributed by atoms with Gasteiger partial charge in [-0.05, 0) is 0 Å². The van der Waals surface area contributed by atoms with E-state index in [1.165, 1.54) is 5.56 Å². The van der Waals surface area contributed by atoms with Crippen LogP contribution in [0.2, 0.25) is 9.73 Å². The number of benzene rings is 1. The van der Waals surface area contributed by atoms with Crippen LogP contribution in [0.1, 0.15) is 24.1 Å². The van der Waals surface area contributed by atoms with E-state index in [1.807, 2.05) is 30.5 Å². The molecule has 0 spiro atoms. The average molecular weight is 320 g/mol. The van der Waals surface area contributed by atoms with Crippen molar-refractivity contribution >= 4 is 28.5 Å². The second-order valence-corrected chi connectivity index (χ2v) is 6.58. The minimum atomic E-state index is 0.423. The fourth-order valence-corrected chi connectivity index (χ4v) is 2.66. The fourth-order valence-electron chi connectivity index (χ4n) is 1.99. The van der Waals surface area contributed by atoms with E-state index in [0.29, 0.717) is 10.6 Å².